The van der Waals surface area contributed by atoms with Crippen molar-refractivity contribution >= 4 is 32.7 Å². The molecule has 0 aliphatic rings. The number of oxazole rings is 1. The van der Waals surface area contributed by atoms with Crippen LogP contribution in [-0.2, 0) is 0 Å². The molecule has 2 aromatic carbocycles. The first-order valence-electron chi connectivity index (χ1n) is 5.62. The van der Waals surface area contributed by atoms with E-state index < -0.39 is 0 Å². The number of nitrogens with zero attached hydrogens (tertiary/aromatic N) is 1. The minimum Gasteiger partial charge on any atom is -0.435 e. The molecule has 1 heterocycles. The van der Waals surface area contributed by atoms with Gasteiger partial charge in [-0.25, -0.2) is 4.98 Å². The highest BCUT2D eigenvalue weighted by molar-refractivity contribution is 9.10. The van der Waals surface area contributed by atoms with Crippen LogP contribution in [0.4, 0.5) is 5.69 Å². The standard InChI is InChI=1S/C14H11BrN2O/c1-16-11-7-3-2-5-9(11)14-17-12-8-4-6-10(15)13(12)18-14/h2-8,16H,1H3. The number of anilines is 1. The topological polar surface area (TPSA) is 38.1 Å². The number of halogens is 1. The second-order valence-electron chi connectivity index (χ2n) is 3.90. The number of fused-ring (bicyclic) bond motifs is 1. The van der Waals surface area contributed by atoms with Crippen molar-refractivity contribution in [2.75, 3.05) is 12.4 Å². The van der Waals surface area contributed by atoms with Gasteiger partial charge >= 0.3 is 0 Å². The second kappa shape index (κ2) is 4.46. The highest BCUT2D eigenvalue weighted by Crippen LogP contribution is 2.32. The van der Waals surface area contributed by atoms with E-state index in [9.17, 15) is 0 Å². The summed E-state index contributed by atoms with van der Waals surface area (Å²) in [4.78, 5) is 4.52. The van der Waals surface area contributed by atoms with Crippen LogP contribution >= 0.6 is 15.9 Å². The van der Waals surface area contributed by atoms with Crippen molar-refractivity contribution in [2.24, 2.45) is 0 Å². The van der Waals surface area contributed by atoms with Gasteiger partial charge in [-0.3, -0.25) is 0 Å². The van der Waals surface area contributed by atoms with Gasteiger partial charge in [0.05, 0.1) is 10.0 Å². The summed E-state index contributed by atoms with van der Waals surface area (Å²) < 4.78 is 6.75. The molecule has 4 heteroatoms. The number of para-hydroxylation sites is 2. The third-order valence-electron chi connectivity index (χ3n) is 2.79. The zero-order chi connectivity index (χ0) is 12.5. The van der Waals surface area contributed by atoms with Crippen molar-refractivity contribution in [2.45, 2.75) is 0 Å². The quantitative estimate of drug-likeness (QED) is 0.767. The summed E-state index contributed by atoms with van der Waals surface area (Å²) in [6.45, 7) is 0. The van der Waals surface area contributed by atoms with Crippen LogP contribution in [0.5, 0.6) is 0 Å². The molecule has 90 valence electrons. The Balaban J connectivity index is 2.23. The van der Waals surface area contributed by atoms with Gasteiger partial charge in [0.1, 0.15) is 5.52 Å². The molecular weight excluding hydrogens is 292 g/mol. The molecule has 3 nitrogen and oxygen atoms in total. The maximum absolute atomic E-state index is 5.83. The van der Waals surface area contributed by atoms with Crippen LogP contribution in [0.25, 0.3) is 22.6 Å². The van der Waals surface area contributed by atoms with Gasteiger partial charge in [-0.2, -0.15) is 0 Å². The molecule has 0 aliphatic carbocycles. The lowest BCUT2D eigenvalue weighted by Crippen LogP contribution is -1.91. The largest absolute Gasteiger partial charge is 0.435 e. The van der Waals surface area contributed by atoms with Crippen molar-refractivity contribution < 1.29 is 4.42 Å². The monoisotopic (exact) mass is 302 g/mol. The van der Waals surface area contributed by atoms with Crippen LogP contribution in [0.15, 0.2) is 51.4 Å². The Morgan fingerprint density at radius 3 is 2.72 bits per heavy atom. The van der Waals surface area contributed by atoms with Gasteiger partial charge < -0.3 is 9.73 Å². The molecule has 18 heavy (non-hydrogen) atoms. The SMILES string of the molecule is CNc1ccccc1-c1nc2cccc(Br)c2o1. The van der Waals surface area contributed by atoms with Crippen LogP contribution < -0.4 is 5.32 Å². The lowest BCUT2D eigenvalue weighted by atomic mass is 10.2. The maximum Gasteiger partial charge on any atom is 0.229 e. The van der Waals surface area contributed by atoms with Gasteiger partial charge in [0.15, 0.2) is 5.58 Å². The molecule has 0 radical (unpaired) electrons. The third-order valence-corrected chi connectivity index (χ3v) is 3.42. The number of aromatic nitrogens is 1. The van der Waals surface area contributed by atoms with E-state index in [0.717, 1.165) is 26.8 Å². The average molecular weight is 303 g/mol. The fourth-order valence-electron chi connectivity index (χ4n) is 1.92. The lowest BCUT2D eigenvalue weighted by molar-refractivity contribution is 0.618. The molecule has 0 amide bonds. The van der Waals surface area contributed by atoms with Crippen molar-refractivity contribution in [1.29, 1.82) is 0 Å². The van der Waals surface area contributed by atoms with E-state index in [4.69, 9.17) is 4.42 Å². The molecule has 3 rings (SSSR count). The van der Waals surface area contributed by atoms with Gasteiger partial charge in [0.2, 0.25) is 5.89 Å². The molecule has 0 saturated heterocycles. The molecule has 1 aromatic heterocycles. The molecule has 0 atom stereocenters. The summed E-state index contributed by atoms with van der Waals surface area (Å²) in [5, 5.41) is 3.14. The number of benzene rings is 2. The first-order valence-corrected chi connectivity index (χ1v) is 6.41. The predicted octanol–water partition coefficient (Wildman–Crippen LogP) is 4.30. The van der Waals surface area contributed by atoms with Gasteiger partial charge in [-0.1, -0.05) is 18.2 Å². The van der Waals surface area contributed by atoms with E-state index >= 15 is 0 Å². The first-order chi connectivity index (χ1) is 8.79. The number of hydrogen-bond acceptors (Lipinski definition) is 3. The Morgan fingerprint density at radius 1 is 1.11 bits per heavy atom. The molecule has 0 unspecified atom stereocenters. The molecule has 0 bridgehead atoms. The van der Waals surface area contributed by atoms with E-state index in [1.807, 2.05) is 49.5 Å². The van der Waals surface area contributed by atoms with Gasteiger partial charge in [0, 0.05) is 12.7 Å². The summed E-state index contributed by atoms with van der Waals surface area (Å²) in [7, 11) is 1.89. The highest BCUT2D eigenvalue weighted by atomic mass is 79.9. The Morgan fingerprint density at radius 2 is 1.94 bits per heavy atom. The van der Waals surface area contributed by atoms with E-state index in [2.05, 4.69) is 26.2 Å². The number of rotatable bonds is 2. The van der Waals surface area contributed by atoms with E-state index in [1.165, 1.54) is 0 Å². The minimum absolute atomic E-state index is 0.627. The molecule has 1 N–H and O–H groups in total. The zero-order valence-electron chi connectivity index (χ0n) is 9.77. The fourth-order valence-corrected chi connectivity index (χ4v) is 2.35. The van der Waals surface area contributed by atoms with E-state index in [1.54, 1.807) is 0 Å². The second-order valence-corrected chi connectivity index (χ2v) is 4.76. The smallest absolute Gasteiger partial charge is 0.229 e. The molecule has 3 aromatic rings. The molecular formula is C14H11BrN2O. The van der Waals surface area contributed by atoms with Crippen molar-refractivity contribution in [3.63, 3.8) is 0 Å². The van der Waals surface area contributed by atoms with E-state index in [-0.39, 0.29) is 0 Å². The Kier molecular flexibility index (Phi) is 2.80. The van der Waals surface area contributed by atoms with E-state index in [0.29, 0.717) is 5.89 Å². The molecule has 0 saturated carbocycles. The normalized spacial score (nSPS) is 10.8. The fraction of sp³-hybridized carbons (Fsp3) is 0.0714. The number of hydrogen-bond donors (Lipinski definition) is 1. The Bertz CT molecular complexity index is 706. The maximum atomic E-state index is 5.83. The van der Waals surface area contributed by atoms with Crippen LogP contribution in [0.2, 0.25) is 0 Å². The summed E-state index contributed by atoms with van der Waals surface area (Å²) in [5.41, 5.74) is 3.59. The van der Waals surface area contributed by atoms with Gasteiger partial charge in [-0.15, -0.1) is 0 Å². The van der Waals surface area contributed by atoms with Gasteiger partial charge in [-0.05, 0) is 40.2 Å². The summed E-state index contributed by atoms with van der Waals surface area (Å²) in [6, 6.07) is 13.8. The molecule has 0 spiro atoms. The molecule has 0 fully saturated rings. The Labute approximate surface area is 113 Å². The highest BCUT2D eigenvalue weighted by Gasteiger charge is 2.12. The summed E-state index contributed by atoms with van der Waals surface area (Å²) in [6.07, 6.45) is 0. The Hall–Kier alpha value is -1.81. The van der Waals surface area contributed by atoms with Crippen LogP contribution in [0, 0.1) is 0 Å². The minimum atomic E-state index is 0.627. The van der Waals surface area contributed by atoms with Crippen molar-refractivity contribution in [1.82, 2.24) is 4.98 Å². The molecule has 0 aliphatic heterocycles. The summed E-state index contributed by atoms with van der Waals surface area (Å²) >= 11 is 3.47. The van der Waals surface area contributed by atoms with Crippen LogP contribution in [0.1, 0.15) is 0 Å². The average Bonchev–Trinajstić information content (AvgIpc) is 2.84. The van der Waals surface area contributed by atoms with Crippen molar-refractivity contribution in [3.05, 3.63) is 46.9 Å². The predicted molar refractivity (Wildman–Crippen MR) is 76.7 cm³/mol. The lowest BCUT2D eigenvalue weighted by Gasteiger charge is -2.04. The zero-order valence-corrected chi connectivity index (χ0v) is 11.4. The third kappa shape index (κ3) is 1.78. The van der Waals surface area contributed by atoms with Crippen molar-refractivity contribution in [3.8, 4) is 11.5 Å². The number of nitrogens with one attached hydrogen (secondary N) is 1. The van der Waals surface area contributed by atoms with Gasteiger partial charge in [0.25, 0.3) is 0 Å². The van der Waals surface area contributed by atoms with Crippen LogP contribution in [-0.4, -0.2) is 12.0 Å². The first kappa shape index (κ1) is 11.3. The van der Waals surface area contributed by atoms with Crippen LogP contribution in [0.3, 0.4) is 0 Å². The summed E-state index contributed by atoms with van der Waals surface area (Å²) in [5.74, 6) is 0.627.